The van der Waals surface area contributed by atoms with Crippen molar-refractivity contribution in [2.24, 2.45) is 0 Å². The maximum absolute atomic E-state index is 12.9. The van der Waals surface area contributed by atoms with Gasteiger partial charge in [0.05, 0.1) is 29.2 Å². The molecule has 0 saturated carbocycles. The largest absolute Gasteiger partial charge is 0.345 e. The lowest BCUT2D eigenvalue weighted by molar-refractivity contribution is 0.102. The number of pyridine rings is 3. The quantitative estimate of drug-likeness (QED) is 0.364. The van der Waals surface area contributed by atoms with E-state index in [0.717, 1.165) is 22.2 Å². The first-order valence-electron chi connectivity index (χ1n) is 10.4. The maximum Gasteiger partial charge on any atom is 0.259 e. The molecule has 34 heavy (non-hydrogen) atoms. The number of H-pyrrole nitrogens is 1. The highest BCUT2D eigenvalue weighted by molar-refractivity contribution is 6.09. The minimum Gasteiger partial charge on any atom is -0.345 e. The average Bonchev–Trinajstić information content (AvgIpc) is 3.49. The van der Waals surface area contributed by atoms with Crippen LogP contribution in [0.3, 0.4) is 0 Å². The molecular formula is C24H17N9O. The van der Waals surface area contributed by atoms with Crippen molar-refractivity contribution in [2.75, 3.05) is 10.6 Å². The predicted molar refractivity (Wildman–Crippen MR) is 128 cm³/mol. The number of nitrogens with one attached hydrogen (secondary N) is 3. The second-order valence-electron chi connectivity index (χ2n) is 7.52. The molecule has 0 aliphatic carbocycles. The van der Waals surface area contributed by atoms with Gasteiger partial charge in [0.15, 0.2) is 0 Å². The van der Waals surface area contributed by atoms with E-state index in [0.29, 0.717) is 28.4 Å². The summed E-state index contributed by atoms with van der Waals surface area (Å²) in [5, 5.41) is 11.2. The van der Waals surface area contributed by atoms with Crippen LogP contribution in [0.15, 0.2) is 86.0 Å². The Morgan fingerprint density at radius 3 is 2.74 bits per heavy atom. The summed E-state index contributed by atoms with van der Waals surface area (Å²) in [6.07, 6.45) is 13.7. The molecule has 0 aliphatic rings. The average molecular weight is 447 g/mol. The zero-order valence-corrected chi connectivity index (χ0v) is 17.7. The van der Waals surface area contributed by atoms with Crippen molar-refractivity contribution in [1.29, 1.82) is 0 Å². The number of nitrogens with zero attached hydrogens (tertiary/aromatic N) is 6. The lowest BCUT2D eigenvalue weighted by Crippen LogP contribution is -2.11. The Morgan fingerprint density at radius 2 is 1.88 bits per heavy atom. The molecule has 6 aromatic rings. The van der Waals surface area contributed by atoms with Crippen LogP contribution < -0.4 is 10.6 Å². The summed E-state index contributed by atoms with van der Waals surface area (Å²) in [5.41, 5.74) is 5.15. The molecule has 0 spiro atoms. The number of amides is 1. The van der Waals surface area contributed by atoms with Crippen molar-refractivity contribution in [1.82, 2.24) is 34.5 Å². The molecule has 0 radical (unpaired) electrons. The van der Waals surface area contributed by atoms with E-state index in [1.165, 1.54) is 0 Å². The van der Waals surface area contributed by atoms with Crippen molar-refractivity contribution in [3.05, 3.63) is 91.5 Å². The lowest BCUT2D eigenvalue weighted by Gasteiger charge is -2.06. The van der Waals surface area contributed by atoms with Crippen LogP contribution >= 0.6 is 0 Å². The molecule has 0 aromatic carbocycles. The maximum atomic E-state index is 12.9. The standard InChI is InChI=1S/C24H17N9O/c34-23(30-17-2-1-6-26-11-17)20-14-29-33-9-5-15(10-21(20)33)18-12-27-22-19(18)13-28-24(32-22)31-16-3-7-25-8-4-16/h1-14H,(H,30,34)(H2,25,27,28,31,32). The van der Waals surface area contributed by atoms with E-state index in [-0.39, 0.29) is 5.91 Å². The van der Waals surface area contributed by atoms with Crippen LogP contribution in [0.4, 0.5) is 17.3 Å². The molecule has 0 aliphatic heterocycles. The van der Waals surface area contributed by atoms with Crippen LogP contribution in [0.5, 0.6) is 0 Å². The lowest BCUT2D eigenvalue weighted by atomic mass is 10.1. The van der Waals surface area contributed by atoms with E-state index in [1.807, 2.05) is 36.7 Å². The molecule has 6 aromatic heterocycles. The molecule has 0 atom stereocenters. The second-order valence-corrected chi connectivity index (χ2v) is 7.52. The number of carbonyl (C=O) groups is 1. The molecule has 10 heteroatoms. The molecule has 164 valence electrons. The van der Waals surface area contributed by atoms with Gasteiger partial charge in [-0.15, -0.1) is 0 Å². The normalized spacial score (nSPS) is 11.1. The Kier molecular flexibility index (Phi) is 4.66. The number of rotatable bonds is 5. The minimum atomic E-state index is -0.255. The smallest absolute Gasteiger partial charge is 0.259 e. The Balaban J connectivity index is 1.33. The van der Waals surface area contributed by atoms with E-state index in [4.69, 9.17) is 0 Å². The molecule has 0 fully saturated rings. The summed E-state index contributed by atoms with van der Waals surface area (Å²) in [7, 11) is 0. The van der Waals surface area contributed by atoms with Gasteiger partial charge < -0.3 is 15.6 Å². The third-order valence-electron chi connectivity index (χ3n) is 5.37. The third-order valence-corrected chi connectivity index (χ3v) is 5.37. The second kappa shape index (κ2) is 8.10. The van der Waals surface area contributed by atoms with Crippen molar-refractivity contribution in [3.8, 4) is 11.1 Å². The highest BCUT2D eigenvalue weighted by atomic mass is 16.1. The Hall–Kier alpha value is -5.12. The highest BCUT2D eigenvalue weighted by Gasteiger charge is 2.16. The highest BCUT2D eigenvalue weighted by Crippen LogP contribution is 2.29. The first-order chi connectivity index (χ1) is 16.7. The Morgan fingerprint density at radius 1 is 0.971 bits per heavy atom. The van der Waals surface area contributed by atoms with Crippen LogP contribution in [-0.4, -0.2) is 40.4 Å². The fourth-order valence-corrected chi connectivity index (χ4v) is 3.73. The molecule has 0 unspecified atom stereocenters. The molecular weight excluding hydrogens is 430 g/mol. The molecule has 0 saturated heterocycles. The van der Waals surface area contributed by atoms with Crippen LogP contribution in [0.2, 0.25) is 0 Å². The van der Waals surface area contributed by atoms with Gasteiger partial charge in [-0.25, -0.2) is 9.50 Å². The van der Waals surface area contributed by atoms with Gasteiger partial charge in [-0.05, 0) is 42.0 Å². The van der Waals surface area contributed by atoms with Gasteiger partial charge in [0.2, 0.25) is 5.95 Å². The summed E-state index contributed by atoms with van der Waals surface area (Å²) >= 11 is 0. The van der Waals surface area contributed by atoms with E-state index in [2.05, 4.69) is 40.7 Å². The van der Waals surface area contributed by atoms with Crippen LogP contribution in [0.25, 0.3) is 27.7 Å². The topological polar surface area (TPSA) is 126 Å². The first kappa shape index (κ1) is 19.6. The summed E-state index contributed by atoms with van der Waals surface area (Å²) in [6.45, 7) is 0. The SMILES string of the molecule is O=C(Nc1cccnc1)c1cnn2ccc(-c3c[nH]c4nc(Nc5ccncc5)ncc34)cc12. The van der Waals surface area contributed by atoms with Gasteiger partial charge in [-0.3, -0.25) is 14.8 Å². The predicted octanol–water partition coefficient (Wildman–Crippen LogP) is 4.06. The molecule has 1 amide bonds. The van der Waals surface area contributed by atoms with E-state index in [9.17, 15) is 4.79 Å². The van der Waals surface area contributed by atoms with Crippen LogP contribution in [0.1, 0.15) is 10.4 Å². The number of carbonyl (C=O) groups excluding carboxylic acids is 1. The minimum absolute atomic E-state index is 0.255. The Bertz CT molecular complexity index is 1620. The third kappa shape index (κ3) is 3.58. The number of fused-ring (bicyclic) bond motifs is 2. The van der Waals surface area contributed by atoms with E-state index < -0.39 is 0 Å². The first-order valence-corrected chi connectivity index (χ1v) is 10.4. The van der Waals surface area contributed by atoms with Gasteiger partial charge in [0.1, 0.15) is 5.65 Å². The zero-order chi connectivity index (χ0) is 22.9. The fraction of sp³-hybridized carbons (Fsp3) is 0. The molecule has 6 heterocycles. The van der Waals surface area contributed by atoms with Gasteiger partial charge in [-0.1, -0.05) is 0 Å². The van der Waals surface area contributed by atoms with E-state index in [1.54, 1.807) is 53.8 Å². The molecule has 6 rings (SSSR count). The Labute approximate surface area is 192 Å². The number of hydrogen-bond acceptors (Lipinski definition) is 7. The number of aromatic nitrogens is 7. The van der Waals surface area contributed by atoms with Crippen LogP contribution in [0, 0.1) is 0 Å². The number of aromatic amines is 1. The van der Waals surface area contributed by atoms with Gasteiger partial charge in [0.25, 0.3) is 5.91 Å². The summed E-state index contributed by atoms with van der Waals surface area (Å²) in [5.74, 6) is 0.224. The zero-order valence-electron chi connectivity index (χ0n) is 17.7. The van der Waals surface area contributed by atoms with E-state index >= 15 is 0 Å². The van der Waals surface area contributed by atoms with Crippen molar-refractivity contribution >= 4 is 39.8 Å². The van der Waals surface area contributed by atoms with Gasteiger partial charge in [-0.2, -0.15) is 10.1 Å². The fourth-order valence-electron chi connectivity index (χ4n) is 3.73. The van der Waals surface area contributed by atoms with Gasteiger partial charge in [0, 0.05) is 53.8 Å². The molecule has 10 nitrogen and oxygen atoms in total. The van der Waals surface area contributed by atoms with Crippen molar-refractivity contribution in [3.63, 3.8) is 0 Å². The summed E-state index contributed by atoms with van der Waals surface area (Å²) < 4.78 is 1.67. The van der Waals surface area contributed by atoms with Crippen molar-refractivity contribution < 1.29 is 4.79 Å². The van der Waals surface area contributed by atoms with Gasteiger partial charge >= 0.3 is 0 Å². The summed E-state index contributed by atoms with van der Waals surface area (Å²) in [6, 6.07) is 11.1. The molecule has 0 bridgehead atoms. The summed E-state index contributed by atoms with van der Waals surface area (Å²) in [4.78, 5) is 33.1. The van der Waals surface area contributed by atoms with Crippen molar-refractivity contribution in [2.45, 2.75) is 0 Å². The number of anilines is 3. The molecule has 3 N–H and O–H groups in total. The number of hydrogen-bond donors (Lipinski definition) is 3. The monoisotopic (exact) mass is 447 g/mol. The van der Waals surface area contributed by atoms with Crippen LogP contribution in [-0.2, 0) is 0 Å².